The minimum Gasteiger partial charge on any atom is -0.353 e. The average Bonchev–Trinajstić information content (AvgIpc) is 3.06. The minimum absolute atomic E-state index is 0.118. The Morgan fingerprint density at radius 2 is 2.13 bits per heavy atom. The van der Waals surface area contributed by atoms with Crippen LogP contribution in [0, 0.1) is 17.2 Å². The summed E-state index contributed by atoms with van der Waals surface area (Å²) in [6.07, 6.45) is 5.31. The molecule has 1 N–H and O–H groups in total. The molecule has 2 fully saturated rings. The molecule has 4 nitrogen and oxygen atoms in total. The van der Waals surface area contributed by atoms with Crippen molar-refractivity contribution in [1.29, 1.82) is 5.26 Å². The van der Waals surface area contributed by atoms with E-state index in [-0.39, 0.29) is 5.91 Å². The van der Waals surface area contributed by atoms with Crippen LogP contribution in [-0.2, 0) is 9.53 Å². The zero-order chi connectivity index (χ0) is 10.7. The summed E-state index contributed by atoms with van der Waals surface area (Å²) in [6.45, 7) is 0.747. The quantitative estimate of drug-likeness (QED) is 0.703. The third-order valence-corrected chi connectivity index (χ3v) is 3.17. The SMILES string of the molecule is N#CC1OC1C(=O)NCC1CCCCC1. The van der Waals surface area contributed by atoms with Gasteiger partial charge in [0.05, 0.1) is 6.07 Å². The van der Waals surface area contributed by atoms with Gasteiger partial charge in [-0.1, -0.05) is 19.3 Å². The average molecular weight is 208 g/mol. The van der Waals surface area contributed by atoms with E-state index >= 15 is 0 Å². The number of carbonyl (C=O) groups excluding carboxylic acids is 1. The molecular weight excluding hydrogens is 192 g/mol. The van der Waals surface area contributed by atoms with Crippen molar-refractivity contribution in [3.63, 3.8) is 0 Å². The highest BCUT2D eigenvalue weighted by Gasteiger charge is 2.45. The van der Waals surface area contributed by atoms with E-state index in [0.717, 1.165) is 6.54 Å². The van der Waals surface area contributed by atoms with E-state index in [9.17, 15) is 4.79 Å². The highest BCUT2D eigenvalue weighted by molar-refractivity contribution is 5.84. The third-order valence-electron chi connectivity index (χ3n) is 3.17. The van der Waals surface area contributed by atoms with Gasteiger partial charge in [0.25, 0.3) is 5.91 Å². The number of nitriles is 1. The van der Waals surface area contributed by atoms with Gasteiger partial charge in [-0.2, -0.15) is 5.26 Å². The van der Waals surface area contributed by atoms with Crippen molar-refractivity contribution in [2.75, 3.05) is 6.54 Å². The van der Waals surface area contributed by atoms with Gasteiger partial charge in [-0.05, 0) is 18.8 Å². The van der Waals surface area contributed by atoms with Crippen LogP contribution in [0.5, 0.6) is 0 Å². The molecule has 2 atom stereocenters. The third kappa shape index (κ3) is 2.69. The molecule has 0 radical (unpaired) electrons. The predicted molar refractivity (Wildman–Crippen MR) is 53.9 cm³/mol. The highest BCUT2D eigenvalue weighted by Crippen LogP contribution is 2.24. The number of ether oxygens (including phenoxy) is 1. The van der Waals surface area contributed by atoms with E-state index in [0.29, 0.717) is 5.92 Å². The Balaban J connectivity index is 1.65. The van der Waals surface area contributed by atoms with Crippen LogP contribution in [0.15, 0.2) is 0 Å². The smallest absolute Gasteiger partial charge is 0.253 e. The van der Waals surface area contributed by atoms with Crippen LogP contribution in [0.25, 0.3) is 0 Å². The summed E-state index contributed by atoms with van der Waals surface area (Å²) in [5.41, 5.74) is 0. The number of hydrogen-bond donors (Lipinski definition) is 1. The summed E-state index contributed by atoms with van der Waals surface area (Å²) < 4.78 is 4.89. The number of epoxide rings is 1. The first kappa shape index (κ1) is 10.4. The van der Waals surface area contributed by atoms with Gasteiger partial charge in [-0.15, -0.1) is 0 Å². The molecular formula is C11H16N2O2. The summed E-state index contributed by atoms with van der Waals surface area (Å²) in [7, 11) is 0. The molecule has 82 valence electrons. The summed E-state index contributed by atoms with van der Waals surface area (Å²) in [5, 5.41) is 11.4. The normalized spacial score (nSPS) is 30.6. The number of carbonyl (C=O) groups is 1. The van der Waals surface area contributed by atoms with Crippen molar-refractivity contribution in [2.24, 2.45) is 5.92 Å². The van der Waals surface area contributed by atoms with E-state index in [2.05, 4.69) is 5.32 Å². The lowest BCUT2D eigenvalue weighted by atomic mass is 9.89. The molecule has 0 aromatic rings. The minimum atomic E-state index is -0.503. The molecule has 15 heavy (non-hydrogen) atoms. The second-order valence-electron chi connectivity index (χ2n) is 4.36. The van der Waals surface area contributed by atoms with E-state index in [4.69, 9.17) is 10.00 Å². The summed E-state index contributed by atoms with van der Waals surface area (Å²) in [6, 6.07) is 1.92. The molecule has 1 saturated heterocycles. The van der Waals surface area contributed by atoms with E-state index in [1.54, 1.807) is 0 Å². The van der Waals surface area contributed by atoms with Crippen LogP contribution in [0.2, 0.25) is 0 Å². The van der Waals surface area contributed by atoms with Crippen LogP contribution >= 0.6 is 0 Å². The molecule has 1 amide bonds. The van der Waals surface area contributed by atoms with Crippen molar-refractivity contribution < 1.29 is 9.53 Å². The van der Waals surface area contributed by atoms with Crippen molar-refractivity contribution in [3.05, 3.63) is 0 Å². The highest BCUT2D eigenvalue weighted by atomic mass is 16.6. The van der Waals surface area contributed by atoms with Crippen LogP contribution < -0.4 is 5.32 Å². The van der Waals surface area contributed by atoms with Gasteiger partial charge in [-0.3, -0.25) is 4.79 Å². The number of hydrogen-bond acceptors (Lipinski definition) is 3. The lowest BCUT2D eigenvalue weighted by Gasteiger charge is -2.21. The Kier molecular flexibility index (Phi) is 3.22. The largest absolute Gasteiger partial charge is 0.353 e. The summed E-state index contributed by atoms with van der Waals surface area (Å²) in [5.74, 6) is 0.508. The van der Waals surface area contributed by atoms with Gasteiger partial charge in [0, 0.05) is 6.54 Å². The van der Waals surface area contributed by atoms with Gasteiger partial charge in [0.2, 0.25) is 0 Å². The molecule has 0 bridgehead atoms. The Hall–Kier alpha value is -1.08. The Morgan fingerprint density at radius 3 is 2.73 bits per heavy atom. The second kappa shape index (κ2) is 4.63. The van der Waals surface area contributed by atoms with Gasteiger partial charge in [0.1, 0.15) is 0 Å². The maximum Gasteiger partial charge on any atom is 0.253 e. The molecule has 2 rings (SSSR count). The second-order valence-corrected chi connectivity index (χ2v) is 4.36. The standard InChI is InChI=1S/C11H16N2O2/c12-6-9-10(15-9)11(14)13-7-8-4-2-1-3-5-8/h8-10H,1-5,7H2,(H,13,14). The molecule has 2 aliphatic rings. The fraction of sp³-hybridized carbons (Fsp3) is 0.818. The summed E-state index contributed by atoms with van der Waals surface area (Å²) in [4.78, 5) is 11.4. The van der Waals surface area contributed by atoms with Gasteiger partial charge < -0.3 is 10.1 Å². The molecule has 0 spiro atoms. The van der Waals surface area contributed by atoms with Gasteiger partial charge in [-0.25, -0.2) is 0 Å². The lowest BCUT2D eigenvalue weighted by Crippen LogP contribution is -2.33. The number of nitrogens with one attached hydrogen (secondary N) is 1. The Morgan fingerprint density at radius 1 is 1.40 bits per heavy atom. The zero-order valence-corrected chi connectivity index (χ0v) is 8.74. The molecule has 4 heteroatoms. The van der Waals surface area contributed by atoms with E-state index < -0.39 is 12.2 Å². The first-order valence-electron chi connectivity index (χ1n) is 5.64. The summed E-state index contributed by atoms with van der Waals surface area (Å²) >= 11 is 0. The monoisotopic (exact) mass is 208 g/mol. The van der Waals surface area contributed by atoms with E-state index in [1.165, 1.54) is 32.1 Å². The first-order chi connectivity index (χ1) is 7.31. The molecule has 1 saturated carbocycles. The Bertz CT molecular complexity index is 279. The number of nitrogens with zero attached hydrogens (tertiary/aromatic N) is 1. The molecule has 0 aromatic heterocycles. The molecule has 1 aliphatic heterocycles. The topological polar surface area (TPSA) is 65.4 Å². The number of amides is 1. The molecule has 1 aliphatic carbocycles. The maximum atomic E-state index is 11.4. The molecule has 1 heterocycles. The van der Waals surface area contributed by atoms with E-state index in [1.807, 2.05) is 6.07 Å². The van der Waals surface area contributed by atoms with Gasteiger partial charge in [0.15, 0.2) is 12.2 Å². The Labute approximate surface area is 89.6 Å². The molecule has 0 aromatic carbocycles. The van der Waals surface area contributed by atoms with Crippen molar-refractivity contribution in [2.45, 2.75) is 44.3 Å². The van der Waals surface area contributed by atoms with Crippen molar-refractivity contribution in [3.8, 4) is 6.07 Å². The van der Waals surface area contributed by atoms with Crippen LogP contribution in [0.4, 0.5) is 0 Å². The lowest BCUT2D eigenvalue weighted by molar-refractivity contribution is -0.122. The zero-order valence-electron chi connectivity index (χ0n) is 8.74. The van der Waals surface area contributed by atoms with Gasteiger partial charge >= 0.3 is 0 Å². The molecule has 2 unspecified atom stereocenters. The predicted octanol–water partition coefficient (Wildman–Crippen LogP) is 0.974. The fourth-order valence-corrected chi connectivity index (χ4v) is 2.15. The van der Waals surface area contributed by atoms with Crippen LogP contribution in [-0.4, -0.2) is 24.7 Å². The first-order valence-corrected chi connectivity index (χ1v) is 5.64. The maximum absolute atomic E-state index is 11.4. The fourth-order valence-electron chi connectivity index (χ4n) is 2.15. The number of rotatable bonds is 3. The van der Waals surface area contributed by atoms with Crippen molar-refractivity contribution >= 4 is 5.91 Å². The van der Waals surface area contributed by atoms with Crippen LogP contribution in [0.3, 0.4) is 0 Å². The van der Waals surface area contributed by atoms with Crippen molar-refractivity contribution in [1.82, 2.24) is 5.32 Å². The van der Waals surface area contributed by atoms with Crippen LogP contribution in [0.1, 0.15) is 32.1 Å².